The maximum absolute atomic E-state index is 12.7. The van der Waals surface area contributed by atoms with E-state index in [0.29, 0.717) is 11.3 Å². The minimum atomic E-state index is -3.78. The minimum Gasteiger partial charge on any atom is -0.295 e. The second-order valence-electron chi connectivity index (χ2n) is 5.21. The van der Waals surface area contributed by atoms with Gasteiger partial charge in [-0.1, -0.05) is 36.4 Å². The van der Waals surface area contributed by atoms with Crippen molar-refractivity contribution in [2.75, 3.05) is 4.72 Å². The van der Waals surface area contributed by atoms with Gasteiger partial charge < -0.3 is 0 Å². The van der Waals surface area contributed by atoms with Gasteiger partial charge in [0.2, 0.25) is 0 Å². The van der Waals surface area contributed by atoms with Crippen molar-refractivity contribution in [1.29, 1.82) is 0 Å². The summed E-state index contributed by atoms with van der Waals surface area (Å²) < 4.78 is 28.0. The fraction of sp³-hybridized carbons (Fsp3) is 0.0556. The van der Waals surface area contributed by atoms with Gasteiger partial charge in [-0.2, -0.15) is 0 Å². The van der Waals surface area contributed by atoms with Gasteiger partial charge in [0.05, 0.1) is 10.6 Å². The van der Waals surface area contributed by atoms with Crippen LogP contribution in [0.25, 0.3) is 10.4 Å². The van der Waals surface area contributed by atoms with Gasteiger partial charge in [0, 0.05) is 16.0 Å². The van der Waals surface area contributed by atoms with Gasteiger partial charge in [0.15, 0.2) is 5.78 Å². The van der Waals surface area contributed by atoms with Gasteiger partial charge >= 0.3 is 0 Å². The predicted octanol–water partition coefficient (Wildman–Crippen LogP) is 4.42. The molecule has 0 fully saturated rings. The quantitative estimate of drug-likeness (QED) is 0.688. The molecule has 1 N–H and O–H groups in total. The molecule has 0 aliphatic carbocycles. The highest BCUT2D eigenvalue weighted by molar-refractivity contribution is 7.92. The lowest BCUT2D eigenvalue weighted by Gasteiger charge is -2.12. The van der Waals surface area contributed by atoms with Crippen LogP contribution in [-0.4, -0.2) is 14.2 Å². The van der Waals surface area contributed by atoms with Gasteiger partial charge in [0.1, 0.15) is 0 Å². The molecule has 0 unspecified atom stereocenters. The van der Waals surface area contributed by atoms with Crippen molar-refractivity contribution in [3.05, 3.63) is 71.6 Å². The molecular weight excluding hydrogens is 342 g/mol. The Hall–Kier alpha value is -2.44. The Kier molecular flexibility index (Phi) is 4.51. The first-order chi connectivity index (χ1) is 11.5. The summed E-state index contributed by atoms with van der Waals surface area (Å²) >= 11 is 1.54. The molecular formula is C18H15NO3S2. The fourth-order valence-corrected chi connectivity index (χ4v) is 4.20. The molecule has 6 heteroatoms. The predicted molar refractivity (Wildman–Crippen MR) is 97.0 cm³/mol. The topological polar surface area (TPSA) is 63.2 Å². The molecule has 0 aliphatic rings. The number of hydrogen-bond acceptors (Lipinski definition) is 4. The highest BCUT2D eigenvalue weighted by atomic mass is 32.2. The van der Waals surface area contributed by atoms with Crippen LogP contribution in [0.4, 0.5) is 5.69 Å². The number of rotatable bonds is 5. The van der Waals surface area contributed by atoms with Crippen LogP contribution in [-0.2, 0) is 10.0 Å². The summed E-state index contributed by atoms with van der Waals surface area (Å²) in [6, 6.07) is 17.1. The first kappa shape index (κ1) is 16.4. The number of carbonyl (C=O) groups excluding carboxylic acids is 1. The minimum absolute atomic E-state index is 0.0659. The van der Waals surface area contributed by atoms with Crippen molar-refractivity contribution in [1.82, 2.24) is 0 Å². The first-order valence-corrected chi connectivity index (χ1v) is 9.60. The van der Waals surface area contributed by atoms with E-state index in [1.54, 1.807) is 24.3 Å². The molecule has 0 bridgehead atoms. The van der Waals surface area contributed by atoms with Gasteiger partial charge in [-0.05, 0) is 36.6 Å². The van der Waals surface area contributed by atoms with Crippen LogP contribution >= 0.6 is 11.3 Å². The maximum Gasteiger partial charge on any atom is 0.261 e. The Morgan fingerprint density at radius 3 is 2.50 bits per heavy atom. The lowest BCUT2D eigenvalue weighted by Crippen LogP contribution is -2.14. The summed E-state index contributed by atoms with van der Waals surface area (Å²) in [5.74, 6) is -0.175. The molecule has 0 atom stereocenters. The number of anilines is 1. The third-order valence-corrected chi connectivity index (χ3v) is 5.78. The van der Waals surface area contributed by atoms with Crippen LogP contribution in [0.2, 0.25) is 0 Å². The van der Waals surface area contributed by atoms with Crippen molar-refractivity contribution >= 4 is 32.8 Å². The number of nitrogens with one attached hydrogen (secondary N) is 1. The van der Waals surface area contributed by atoms with Crippen molar-refractivity contribution in [3.63, 3.8) is 0 Å². The van der Waals surface area contributed by atoms with Crippen LogP contribution < -0.4 is 4.72 Å². The van der Waals surface area contributed by atoms with E-state index in [2.05, 4.69) is 4.72 Å². The second kappa shape index (κ2) is 6.59. The number of carbonyl (C=O) groups is 1. The summed E-state index contributed by atoms with van der Waals surface area (Å²) in [6.45, 7) is 1.41. The summed E-state index contributed by atoms with van der Waals surface area (Å²) in [5.41, 5.74) is 1.69. The van der Waals surface area contributed by atoms with E-state index in [-0.39, 0.29) is 10.7 Å². The maximum atomic E-state index is 12.7. The highest BCUT2D eigenvalue weighted by Crippen LogP contribution is 2.32. The standard InChI is InChI=1S/C18H15NO3S2/c1-13(20)14-6-4-7-15(12-14)24(21,22)19-17-9-3-2-8-16(17)18-10-5-11-23-18/h2-12,19H,1H3. The molecule has 2 aromatic carbocycles. The van der Waals surface area contributed by atoms with Crippen LogP contribution in [0.3, 0.4) is 0 Å². The Bertz CT molecular complexity index is 977. The average molecular weight is 357 g/mol. The fourth-order valence-electron chi connectivity index (χ4n) is 2.30. The Morgan fingerprint density at radius 1 is 1.00 bits per heavy atom. The normalized spacial score (nSPS) is 11.2. The number of Topliss-reactive ketones (excluding diaryl/α,β-unsaturated/α-hetero) is 1. The number of benzene rings is 2. The molecule has 0 aliphatic heterocycles. The van der Waals surface area contributed by atoms with E-state index in [1.165, 1.54) is 30.4 Å². The van der Waals surface area contributed by atoms with E-state index in [1.807, 2.05) is 29.6 Å². The number of hydrogen-bond donors (Lipinski definition) is 1. The van der Waals surface area contributed by atoms with Crippen LogP contribution in [0.15, 0.2) is 70.9 Å². The SMILES string of the molecule is CC(=O)c1cccc(S(=O)(=O)Nc2ccccc2-c2cccs2)c1. The molecule has 0 saturated heterocycles. The monoisotopic (exact) mass is 357 g/mol. The zero-order valence-electron chi connectivity index (χ0n) is 12.9. The molecule has 0 amide bonds. The molecule has 0 radical (unpaired) electrons. The van der Waals surface area contributed by atoms with E-state index in [0.717, 1.165) is 10.4 Å². The van der Waals surface area contributed by atoms with Gasteiger partial charge in [-0.25, -0.2) is 8.42 Å². The number of ketones is 1. The molecule has 4 nitrogen and oxygen atoms in total. The summed E-state index contributed by atoms with van der Waals surface area (Å²) in [4.78, 5) is 12.5. The molecule has 122 valence electrons. The smallest absolute Gasteiger partial charge is 0.261 e. The lowest BCUT2D eigenvalue weighted by atomic mass is 10.1. The van der Waals surface area contributed by atoms with E-state index in [4.69, 9.17) is 0 Å². The molecule has 0 saturated carbocycles. The van der Waals surface area contributed by atoms with E-state index >= 15 is 0 Å². The van der Waals surface area contributed by atoms with Gasteiger partial charge in [0.25, 0.3) is 10.0 Å². The molecule has 1 heterocycles. The van der Waals surface area contributed by atoms with Crippen LogP contribution in [0.5, 0.6) is 0 Å². The molecule has 0 spiro atoms. The Morgan fingerprint density at radius 2 is 1.79 bits per heavy atom. The van der Waals surface area contributed by atoms with Crippen LogP contribution in [0, 0.1) is 0 Å². The third-order valence-electron chi connectivity index (χ3n) is 3.51. The van der Waals surface area contributed by atoms with Gasteiger partial charge in [-0.15, -0.1) is 11.3 Å². The number of sulfonamides is 1. The highest BCUT2D eigenvalue weighted by Gasteiger charge is 2.17. The first-order valence-electron chi connectivity index (χ1n) is 7.24. The van der Waals surface area contributed by atoms with Crippen molar-refractivity contribution in [3.8, 4) is 10.4 Å². The zero-order valence-corrected chi connectivity index (χ0v) is 14.5. The zero-order chi connectivity index (χ0) is 17.2. The molecule has 3 rings (SSSR count). The summed E-state index contributed by atoms with van der Waals surface area (Å²) in [6.07, 6.45) is 0. The number of thiophene rings is 1. The third kappa shape index (κ3) is 3.39. The molecule has 1 aromatic heterocycles. The Labute approximate surface area is 144 Å². The Balaban J connectivity index is 1.99. The van der Waals surface area contributed by atoms with Crippen molar-refractivity contribution in [2.24, 2.45) is 0 Å². The van der Waals surface area contributed by atoms with Crippen molar-refractivity contribution in [2.45, 2.75) is 11.8 Å². The summed E-state index contributed by atoms with van der Waals surface area (Å²) in [5, 5.41) is 1.94. The van der Waals surface area contributed by atoms with Crippen molar-refractivity contribution < 1.29 is 13.2 Å². The molecule has 24 heavy (non-hydrogen) atoms. The average Bonchev–Trinajstić information content (AvgIpc) is 3.09. The lowest BCUT2D eigenvalue weighted by molar-refractivity contribution is 0.101. The molecule has 3 aromatic rings. The van der Waals surface area contributed by atoms with Gasteiger partial charge in [-0.3, -0.25) is 9.52 Å². The van der Waals surface area contributed by atoms with E-state index < -0.39 is 10.0 Å². The van der Waals surface area contributed by atoms with Crippen LogP contribution in [0.1, 0.15) is 17.3 Å². The summed E-state index contributed by atoms with van der Waals surface area (Å²) in [7, 11) is -3.78. The van der Waals surface area contributed by atoms with E-state index in [9.17, 15) is 13.2 Å². The second-order valence-corrected chi connectivity index (χ2v) is 7.84. The largest absolute Gasteiger partial charge is 0.295 e. The number of para-hydroxylation sites is 1.